The zero-order chi connectivity index (χ0) is 20.5. The van der Waals surface area contributed by atoms with Crippen LogP contribution in [-0.4, -0.2) is 17.8 Å². The van der Waals surface area contributed by atoms with Gasteiger partial charge in [0.15, 0.2) is 0 Å². The number of aliphatic imine (C=N–C) groups is 1. The number of nitrogens with zero attached hydrogens (tertiary/aromatic N) is 1. The normalized spacial score (nSPS) is 17.1. The Kier molecular flexibility index (Phi) is 4.41. The second kappa shape index (κ2) is 7.37. The van der Waals surface area contributed by atoms with Gasteiger partial charge in [0.05, 0.1) is 17.2 Å². The molecule has 0 radical (unpaired) electrons. The number of benzene rings is 3. The number of hydrogen-bond donors (Lipinski definition) is 3. The Morgan fingerprint density at radius 3 is 2.27 bits per heavy atom. The van der Waals surface area contributed by atoms with Gasteiger partial charge in [-0.1, -0.05) is 78.9 Å². The van der Waals surface area contributed by atoms with E-state index in [1.807, 2.05) is 72.8 Å². The number of hydrogen-bond acceptors (Lipinski definition) is 4. The standard InChI is InChI=1S/C25H20N4O/c26-22(15-14-19-17-10-4-5-11-18(17)19)28-24-25(30)27-21-13-7-6-12-20(21)23(29-24)16-8-2-1-3-9-16/h1-15,24,28H,26H2,(H,27,30)/b22-15+. The van der Waals surface area contributed by atoms with Crippen molar-refractivity contribution in [2.24, 2.45) is 10.7 Å². The molecule has 0 saturated carbocycles. The first-order chi connectivity index (χ1) is 14.7. The Balaban J connectivity index is 1.45. The van der Waals surface area contributed by atoms with Crippen molar-refractivity contribution in [2.75, 3.05) is 5.32 Å². The average molecular weight is 392 g/mol. The summed E-state index contributed by atoms with van der Waals surface area (Å²) >= 11 is 0. The zero-order valence-electron chi connectivity index (χ0n) is 16.2. The van der Waals surface area contributed by atoms with Crippen LogP contribution in [0.25, 0.3) is 5.57 Å². The number of rotatable bonds is 4. The van der Waals surface area contributed by atoms with Crippen LogP contribution in [0.2, 0.25) is 0 Å². The van der Waals surface area contributed by atoms with Gasteiger partial charge in [0.25, 0.3) is 5.91 Å². The average Bonchev–Trinajstić information content (AvgIpc) is 3.51. The van der Waals surface area contributed by atoms with Gasteiger partial charge in [-0.05, 0) is 28.8 Å². The molecule has 2 aliphatic rings. The summed E-state index contributed by atoms with van der Waals surface area (Å²) in [5.41, 5.74) is 13.1. The van der Waals surface area contributed by atoms with Crippen LogP contribution in [0.3, 0.4) is 0 Å². The second-order valence-corrected chi connectivity index (χ2v) is 7.17. The molecule has 4 N–H and O–H groups in total. The number of fused-ring (bicyclic) bond motifs is 2. The molecule has 5 heteroatoms. The predicted octanol–water partition coefficient (Wildman–Crippen LogP) is 3.64. The molecule has 0 bridgehead atoms. The summed E-state index contributed by atoms with van der Waals surface area (Å²) in [6.45, 7) is 0. The molecule has 5 nitrogen and oxygen atoms in total. The number of benzodiazepines with no additional fused rings is 1. The Morgan fingerprint density at radius 2 is 1.53 bits per heavy atom. The minimum Gasteiger partial charge on any atom is -0.385 e. The molecular formula is C25H20N4O. The van der Waals surface area contributed by atoms with Gasteiger partial charge < -0.3 is 16.4 Å². The fourth-order valence-corrected chi connectivity index (χ4v) is 3.64. The smallest absolute Gasteiger partial charge is 0.269 e. The molecule has 1 unspecified atom stereocenters. The molecular weight excluding hydrogens is 372 g/mol. The summed E-state index contributed by atoms with van der Waals surface area (Å²) in [6, 6.07) is 25.7. The highest BCUT2D eigenvalue weighted by atomic mass is 16.2. The molecule has 0 spiro atoms. The SMILES string of the molecule is N/C(=C\C=C1c2ccccc21)NC1N=C(c2ccccc2)c2ccccc2NC1=O. The lowest BCUT2D eigenvalue weighted by atomic mass is 10.0. The van der Waals surface area contributed by atoms with E-state index in [0.29, 0.717) is 5.82 Å². The maximum Gasteiger partial charge on any atom is 0.269 e. The van der Waals surface area contributed by atoms with E-state index < -0.39 is 6.17 Å². The Hall–Kier alpha value is -4.12. The van der Waals surface area contributed by atoms with Gasteiger partial charge in [-0.15, -0.1) is 0 Å². The van der Waals surface area contributed by atoms with Crippen LogP contribution in [0.15, 0.2) is 102 Å². The first-order valence-corrected chi connectivity index (χ1v) is 9.78. The van der Waals surface area contributed by atoms with E-state index in [9.17, 15) is 4.79 Å². The minimum absolute atomic E-state index is 0.257. The molecule has 1 amide bonds. The first-order valence-electron chi connectivity index (χ1n) is 9.78. The van der Waals surface area contributed by atoms with Crippen molar-refractivity contribution < 1.29 is 4.79 Å². The molecule has 3 aromatic rings. The number of amides is 1. The van der Waals surface area contributed by atoms with Gasteiger partial charge >= 0.3 is 0 Å². The predicted molar refractivity (Wildman–Crippen MR) is 120 cm³/mol. The van der Waals surface area contributed by atoms with E-state index in [1.54, 1.807) is 6.08 Å². The maximum absolute atomic E-state index is 12.8. The summed E-state index contributed by atoms with van der Waals surface area (Å²) in [6.07, 6.45) is 2.89. The number of para-hydroxylation sites is 1. The van der Waals surface area contributed by atoms with Crippen molar-refractivity contribution in [3.63, 3.8) is 0 Å². The lowest BCUT2D eigenvalue weighted by Crippen LogP contribution is -2.40. The Bertz CT molecular complexity index is 1200. The van der Waals surface area contributed by atoms with E-state index in [1.165, 1.54) is 11.1 Å². The molecule has 1 aliphatic carbocycles. The summed E-state index contributed by atoms with van der Waals surface area (Å²) in [4.78, 5) is 17.6. The fourth-order valence-electron chi connectivity index (χ4n) is 3.64. The number of nitrogens with one attached hydrogen (secondary N) is 2. The topological polar surface area (TPSA) is 79.5 Å². The number of carbonyl (C=O) groups is 1. The van der Waals surface area contributed by atoms with Crippen molar-refractivity contribution in [1.82, 2.24) is 5.32 Å². The van der Waals surface area contributed by atoms with Gasteiger partial charge in [0, 0.05) is 11.1 Å². The second-order valence-electron chi connectivity index (χ2n) is 7.17. The molecule has 1 atom stereocenters. The van der Waals surface area contributed by atoms with Gasteiger partial charge in [-0.2, -0.15) is 0 Å². The van der Waals surface area contributed by atoms with Crippen LogP contribution in [0, 0.1) is 0 Å². The number of carbonyl (C=O) groups excluding carboxylic acids is 1. The van der Waals surface area contributed by atoms with Crippen LogP contribution < -0.4 is 16.4 Å². The maximum atomic E-state index is 12.8. The molecule has 0 fully saturated rings. The molecule has 1 heterocycles. The number of allylic oxidation sites excluding steroid dienone is 2. The highest BCUT2D eigenvalue weighted by Crippen LogP contribution is 2.41. The third kappa shape index (κ3) is 3.37. The third-order valence-electron chi connectivity index (χ3n) is 5.17. The molecule has 0 aromatic heterocycles. The van der Waals surface area contributed by atoms with Crippen LogP contribution in [0.5, 0.6) is 0 Å². The summed E-state index contributed by atoms with van der Waals surface area (Å²) in [5, 5.41) is 6.00. The highest BCUT2D eigenvalue weighted by Gasteiger charge is 2.26. The number of nitrogens with two attached hydrogens (primary N) is 1. The van der Waals surface area contributed by atoms with Crippen LogP contribution in [0.1, 0.15) is 22.3 Å². The lowest BCUT2D eigenvalue weighted by Gasteiger charge is -2.14. The molecule has 30 heavy (non-hydrogen) atoms. The number of anilines is 1. The molecule has 1 aliphatic heterocycles. The third-order valence-corrected chi connectivity index (χ3v) is 5.17. The van der Waals surface area contributed by atoms with Crippen molar-refractivity contribution in [3.8, 4) is 0 Å². The van der Waals surface area contributed by atoms with Crippen molar-refractivity contribution in [1.29, 1.82) is 0 Å². The molecule has 0 saturated heterocycles. The van der Waals surface area contributed by atoms with E-state index in [0.717, 1.165) is 28.1 Å². The van der Waals surface area contributed by atoms with Gasteiger partial charge in [0.1, 0.15) is 0 Å². The monoisotopic (exact) mass is 392 g/mol. The lowest BCUT2D eigenvalue weighted by molar-refractivity contribution is -0.117. The largest absolute Gasteiger partial charge is 0.385 e. The summed E-state index contributed by atoms with van der Waals surface area (Å²) in [5.74, 6) is 0.120. The Labute approximate surface area is 174 Å². The summed E-state index contributed by atoms with van der Waals surface area (Å²) in [7, 11) is 0. The minimum atomic E-state index is -0.844. The first kappa shape index (κ1) is 17.9. The van der Waals surface area contributed by atoms with Crippen LogP contribution in [0.4, 0.5) is 5.69 Å². The van der Waals surface area contributed by atoms with E-state index >= 15 is 0 Å². The van der Waals surface area contributed by atoms with Crippen molar-refractivity contribution >= 4 is 22.9 Å². The van der Waals surface area contributed by atoms with E-state index in [-0.39, 0.29) is 5.91 Å². The molecule has 3 aromatic carbocycles. The summed E-state index contributed by atoms with van der Waals surface area (Å²) < 4.78 is 0. The van der Waals surface area contributed by atoms with Crippen molar-refractivity contribution in [3.05, 3.63) is 119 Å². The van der Waals surface area contributed by atoms with E-state index in [2.05, 4.69) is 22.8 Å². The van der Waals surface area contributed by atoms with Crippen molar-refractivity contribution in [2.45, 2.75) is 6.17 Å². The van der Waals surface area contributed by atoms with Gasteiger partial charge in [-0.25, -0.2) is 4.99 Å². The van der Waals surface area contributed by atoms with Gasteiger partial charge in [-0.3, -0.25) is 4.79 Å². The van der Waals surface area contributed by atoms with Crippen LogP contribution >= 0.6 is 0 Å². The molecule has 146 valence electrons. The fraction of sp³-hybridized carbons (Fsp3) is 0.0400. The van der Waals surface area contributed by atoms with Crippen LogP contribution in [-0.2, 0) is 4.79 Å². The van der Waals surface area contributed by atoms with Gasteiger partial charge in [0.2, 0.25) is 6.17 Å². The molecule has 5 rings (SSSR count). The highest BCUT2D eigenvalue weighted by molar-refractivity contribution is 6.19. The zero-order valence-corrected chi connectivity index (χ0v) is 16.2. The van der Waals surface area contributed by atoms with E-state index in [4.69, 9.17) is 10.7 Å². The quantitative estimate of drug-likeness (QED) is 0.496. The Morgan fingerprint density at radius 1 is 0.900 bits per heavy atom.